The van der Waals surface area contributed by atoms with Gasteiger partial charge in [0, 0.05) is 11.1 Å². The summed E-state index contributed by atoms with van der Waals surface area (Å²) in [4.78, 5) is 26.3. The Kier molecular flexibility index (Phi) is 4.14. The van der Waals surface area contributed by atoms with Gasteiger partial charge in [0.2, 0.25) is 5.91 Å². The highest BCUT2D eigenvalue weighted by atomic mass is 32.1. The van der Waals surface area contributed by atoms with E-state index in [1.165, 1.54) is 16.7 Å². The topological polar surface area (TPSA) is 97.1 Å². The van der Waals surface area contributed by atoms with Crippen LogP contribution in [0, 0.1) is 13.8 Å². The van der Waals surface area contributed by atoms with E-state index in [2.05, 4.69) is 15.4 Å². The van der Waals surface area contributed by atoms with Crippen LogP contribution in [0.25, 0.3) is 0 Å². The second-order valence-corrected chi connectivity index (χ2v) is 5.24. The lowest BCUT2D eigenvalue weighted by atomic mass is 10.4. The van der Waals surface area contributed by atoms with Gasteiger partial charge in [-0.1, -0.05) is 0 Å². The number of aromatic nitrogens is 3. The van der Waals surface area contributed by atoms with Crippen LogP contribution in [-0.2, 0) is 17.9 Å². The highest BCUT2D eigenvalue weighted by Crippen LogP contribution is 2.09. The standard InChI is InChI=1S/C12H14N4O3S/c1-7-3-8(2)16(15-7)5-10(17)13-4-11-14-9(6-20-11)12(18)19/h3,6H,4-5H2,1-2H3,(H,13,17)(H,18,19). The van der Waals surface area contributed by atoms with Crippen molar-refractivity contribution in [3.8, 4) is 0 Å². The first-order valence-corrected chi connectivity index (χ1v) is 6.79. The van der Waals surface area contributed by atoms with E-state index in [0.717, 1.165) is 11.4 Å². The predicted octanol–water partition coefficient (Wildman–Crippen LogP) is 0.971. The Morgan fingerprint density at radius 2 is 2.20 bits per heavy atom. The summed E-state index contributed by atoms with van der Waals surface area (Å²) in [5, 5.41) is 17.6. The molecule has 0 radical (unpaired) electrons. The van der Waals surface area contributed by atoms with Gasteiger partial charge in [0.15, 0.2) is 5.69 Å². The Bertz CT molecular complexity index is 647. The summed E-state index contributed by atoms with van der Waals surface area (Å²) in [5.74, 6) is -1.26. The molecule has 0 unspecified atom stereocenters. The first kappa shape index (κ1) is 14.2. The van der Waals surface area contributed by atoms with Gasteiger partial charge in [-0.15, -0.1) is 11.3 Å². The number of nitrogens with zero attached hydrogens (tertiary/aromatic N) is 3. The summed E-state index contributed by atoms with van der Waals surface area (Å²) in [6.07, 6.45) is 0. The van der Waals surface area contributed by atoms with E-state index in [4.69, 9.17) is 5.11 Å². The van der Waals surface area contributed by atoms with E-state index in [9.17, 15) is 9.59 Å². The van der Waals surface area contributed by atoms with Crippen molar-refractivity contribution >= 4 is 23.2 Å². The molecule has 2 rings (SSSR count). The van der Waals surface area contributed by atoms with Gasteiger partial charge in [0.25, 0.3) is 0 Å². The van der Waals surface area contributed by atoms with Crippen LogP contribution in [0.15, 0.2) is 11.4 Å². The predicted molar refractivity (Wildman–Crippen MR) is 72.6 cm³/mol. The molecule has 0 aliphatic heterocycles. The number of amides is 1. The van der Waals surface area contributed by atoms with Gasteiger partial charge in [-0.2, -0.15) is 5.10 Å². The van der Waals surface area contributed by atoms with Crippen molar-refractivity contribution in [1.29, 1.82) is 0 Å². The molecule has 2 aromatic rings. The van der Waals surface area contributed by atoms with Crippen LogP contribution in [-0.4, -0.2) is 31.7 Å². The molecule has 20 heavy (non-hydrogen) atoms. The quantitative estimate of drug-likeness (QED) is 0.856. The molecule has 0 aliphatic carbocycles. The fourth-order valence-electron chi connectivity index (χ4n) is 1.69. The zero-order valence-electron chi connectivity index (χ0n) is 11.1. The van der Waals surface area contributed by atoms with Crippen LogP contribution in [0.1, 0.15) is 26.9 Å². The van der Waals surface area contributed by atoms with E-state index in [1.807, 2.05) is 19.9 Å². The van der Waals surface area contributed by atoms with Gasteiger partial charge in [-0.3, -0.25) is 9.48 Å². The molecule has 2 aromatic heterocycles. The van der Waals surface area contributed by atoms with Crippen LogP contribution < -0.4 is 5.32 Å². The minimum absolute atomic E-state index is 0.00204. The van der Waals surface area contributed by atoms with Gasteiger partial charge in [-0.25, -0.2) is 9.78 Å². The molecule has 0 saturated carbocycles. The van der Waals surface area contributed by atoms with E-state index in [0.29, 0.717) is 5.01 Å². The van der Waals surface area contributed by atoms with Crippen molar-refractivity contribution in [1.82, 2.24) is 20.1 Å². The summed E-state index contributed by atoms with van der Waals surface area (Å²) in [7, 11) is 0. The van der Waals surface area contributed by atoms with Crippen molar-refractivity contribution in [2.45, 2.75) is 26.9 Å². The molecule has 0 bridgehead atoms. The minimum Gasteiger partial charge on any atom is -0.476 e. The Labute approximate surface area is 119 Å². The SMILES string of the molecule is Cc1cc(C)n(CC(=O)NCc2nc(C(=O)O)cs2)n1. The van der Waals surface area contributed by atoms with Crippen molar-refractivity contribution < 1.29 is 14.7 Å². The lowest BCUT2D eigenvalue weighted by Crippen LogP contribution is -2.28. The molecule has 2 N–H and O–H groups in total. The van der Waals surface area contributed by atoms with Gasteiger partial charge in [-0.05, 0) is 19.9 Å². The molecule has 106 valence electrons. The van der Waals surface area contributed by atoms with Crippen molar-refractivity contribution in [2.75, 3.05) is 0 Å². The zero-order chi connectivity index (χ0) is 14.7. The molecule has 0 atom stereocenters. The fraction of sp³-hybridized carbons (Fsp3) is 0.333. The van der Waals surface area contributed by atoms with Crippen molar-refractivity contribution in [2.24, 2.45) is 0 Å². The number of rotatable bonds is 5. The number of hydrogen-bond acceptors (Lipinski definition) is 5. The normalized spacial score (nSPS) is 10.5. The number of carbonyl (C=O) groups is 2. The Morgan fingerprint density at radius 3 is 2.75 bits per heavy atom. The molecular weight excluding hydrogens is 280 g/mol. The van der Waals surface area contributed by atoms with E-state index in [1.54, 1.807) is 4.68 Å². The fourth-order valence-corrected chi connectivity index (χ4v) is 2.40. The number of thiazole rings is 1. The largest absolute Gasteiger partial charge is 0.476 e. The zero-order valence-corrected chi connectivity index (χ0v) is 11.9. The van der Waals surface area contributed by atoms with E-state index < -0.39 is 5.97 Å². The van der Waals surface area contributed by atoms with Crippen LogP contribution in [0.2, 0.25) is 0 Å². The molecule has 7 nitrogen and oxygen atoms in total. The third-order valence-electron chi connectivity index (χ3n) is 2.60. The molecule has 8 heteroatoms. The maximum absolute atomic E-state index is 11.8. The van der Waals surface area contributed by atoms with Gasteiger partial charge in [0.1, 0.15) is 11.6 Å². The summed E-state index contributed by atoms with van der Waals surface area (Å²) in [6.45, 7) is 4.10. The van der Waals surface area contributed by atoms with Gasteiger partial charge >= 0.3 is 5.97 Å². The van der Waals surface area contributed by atoms with Crippen LogP contribution in [0.5, 0.6) is 0 Å². The second kappa shape index (κ2) is 5.83. The summed E-state index contributed by atoms with van der Waals surface area (Å²) in [6, 6.07) is 1.90. The number of carbonyl (C=O) groups excluding carboxylic acids is 1. The van der Waals surface area contributed by atoms with Crippen LogP contribution >= 0.6 is 11.3 Å². The highest BCUT2D eigenvalue weighted by molar-refractivity contribution is 7.09. The number of aromatic carboxylic acids is 1. The Morgan fingerprint density at radius 1 is 1.45 bits per heavy atom. The molecule has 1 amide bonds. The average molecular weight is 294 g/mol. The van der Waals surface area contributed by atoms with Gasteiger partial charge < -0.3 is 10.4 Å². The molecule has 0 aliphatic rings. The number of hydrogen-bond donors (Lipinski definition) is 2. The molecule has 0 spiro atoms. The third-order valence-corrected chi connectivity index (χ3v) is 3.45. The maximum Gasteiger partial charge on any atom is 0.355 e. The highest BCUT2D eigenvalue weighted by Gasteiger charge is 2.10. The molecular formula is C12H14N4O3S. The third kappa shape index (κ3) is 3.41. The number of aryl methyl sites for hydroxylation is 2. The number of nitrogens with one attached hydrogen (secondary N) is 1. The minimum atomic E-state index is -1.07. The Balaban J connectivity index is 1.88. The van der Waals surface area contributed by atoms with E-state index >= 15 is 0 Å². The lowest BCUT2D eigenvalue weighted by molar-refractivity contribution is -0.122. The summed E-state index contributed by atoms with van der Waals surface area (Å²) < 4.78 is 1.62. The van der Waals surface area contributed by atoms with E-state index in [-0.39, 0.29) is 24.7 Å². The van der Waals surface area contributed by atoms with Gasteiger partial charge in [0.05, 0.1) is 12.2 Å². The lowest BCUT2D eigenvalue weighted by Gasteiger charge is -2.05. The monoisotopic (exact) mass is 294 g/mol. The van der Waals surface area contributed by atoms with Crippen molar-refractivity contribution in [3.63, 3.8) is 0 Å². The number of carboxylic acids is 1. The number of carboxylic acid groups (broad SMARTS) is 1. The second-order valence-electron chi connectivity index (χ2n) is 4.29. The summed E-state index contributed by atoms with van der Waals surface area (Å²) in [5.41, 5.74) is 1.78. The smallest absolute Gasteiger partial charge is 0.355 e. The molecule has 2 heterocycles. The summed E-state index contributed by atoms with van der Waals surface area (Å²) >= 11 is 1.20. The van der Waals surface area contributed by atoms with Crippen molar-refractivity contribution in [3.05, 3.63) is 33.5 Å². The maximum atomic E-state index is 11.8. The average Bonchev–Trinajstić information content (AvgIpc) is 2.94. The Hall–Kier alpha value is -2.22. The van der Waals surface area contributed by atoms with Crippen LogP contribution in [0.3, 0.4) is 0 Å². The molecule has 0 saturated heterocycles. The van der Waals surface area contributed by atoms with Crippen LogP contribution in [0.4, 0.5) is 0 Å². The molecule has 0 aromatic carbocycles. The first-order valence-electron chi connectivity index (χ1n) is 5.91. The molecule has 0 fully saturated rings. The first-order chi connectivity index (χ1) is 9.45.